The molecule has 0 aliphatic carbocycles. The number of nitrogens with zero attached hydrogens (tertiary/aromatic N) is 3. The molecule has 0 saturated carbocycles. The molecule has 1 amide bonds. The van der Waals surface area contributed by atoms with Crippen molar-refractivity contribution in [1.29, 1.82) is 0 Å². The van der Waals surface area contributed by atoms with Gasteiger partial charge in [-0.15, -0.1) is 6.58 Å². The van der Waals surface area contributed by atoms with Gasteiger partial charge in [0, 0.05) is 34.9 Å². The van der Waals surface area contributed by atoms with Crippen molar-refractivity contribution < 1.29 is 9.53 Å². The van der Waals surface area contributed by atoms with Crippen LogP contribution in [0.4, 0.5) is 5.69 Å². The van der Waals surface area contributed by atoms with Crippen LogP contribution in [0, 0.1) is 0 Å². The SMILES string of the molecule is C=CCn1cc(/C=c2\sc3n(c2=O)[C@H](c2ccc(OCC)cc2)C(C(=O)Nc2ccccc2)=C(C)N=3)c2ccccc21. The Balaban J connectivity index is 1.51. The smallest absolute Gasteiger partial charge is 0.271 e. The van der Waals surface area contributed by atoms with Crippen molar-refractivity contribution >= 4 is 39.9 Å². The third-order valence-electron chi connectivity index (χ3n) is 7.24. The zero-order valence-corrected chi connectivity index (χ0v) is 24.2. The molecule has 3 aromatic carbocycles. The fraction of sp³-hybridized carbons (Fsp3) is 0.147. The number of amides is 1. The van der Waals surface area contributed by atoms with Crippen LogP contribution < -0.4 is 24.9 Å². The van der Waals surface area contributed by atoms with Gasteiger partial charge in [-0.3, -0.25) is 14.2 Å². The predicted octanol–water partition coefficient (Wildman–Crippen LogP) is 5.41. The number of allylic oxidation sites excluding steroid dienone is 2. The van der Waals surface area contributed by atoms with Gasteiger partial charge in [-0.05, 0) is 55.8 Å². The van der Waals surface area contributed by atoms with E-state index >= 15 is 0 Å². The summed E-state index contributed by atoms with van der Waals surface area (Å²) >= 11 is 1.33. The number of rotatable bonds is 8. The van der Waals surface area contributed by atoms with E-state index < -0.39 is 6.04 Å². The zero-order chi connectivity index (χ0) is 29.2. The van der Waals surface area contributed by atoms with Gasteiger partial charge in [-0.25, -0.2) is 4.99 Å². The fourth-order valence-corrected chi connectivity index (χ4v) is 6.42. The van der Waals surface area contributed by atoms with E-state index in [-0.39, 0.29) is 11.5 Å². The molecule has 210 valence electrons. The van der Waals surface area contributed by atoms with Gasteiger partial charge in [-0.1, -0.05) is 65.9 Å². The monoisotopic (exact) mass is 574 g/mol. The molecule has 0 radical (unpaired) electrons. The van der Waals surface area contributed by atoms with Crippen LogP contribution in [0.1, 0.15) is 31.0 Å². The molecule has 0 unspecified atom stereocenters. The van der Waals surface area contributed by atoms with Crippen LogP contribution in [-0.4, -0.2) is 21.6 Å². The molecule has 0 fully saturated rings. The fourth-order valence-electron chi connectivity index (χ4n) is 5.38. The molecule has 7 nitrogen and oxygen atoms in total. The number of carbonyl (C=O) groups excluding carboxylic acids is 1. The van der Waals surface area contributed by atoms with Gasteiger partial charge in [0.25, 0.3) is 11.5 Å². The van der Waals surface area contributed by atoms with E-state index in [2.05, 4.69) is 28.6 Å². The minimum absolute atomic E-state index is 0.198. The number of fused-ring (bicyclic) bond motifs is 2. The van der Waals surface area contributed by atoms with Crippen molar-refractivity contribution in [3.05, 3.63) is 140 Å². The molecule has 2 aromatic heterocycles. The highest BCUT2D eigenvalue weighted by Gasteiger charge is 2.32. The normalized spacial score (nSPS) is 14.9. The summed E-state index contributed by atoms with van der Waals surface area (Å²) in [4.78, 5) is 33.2. The first kappa shape index (κ1) is 27.2. The van der Waals surface area contributed by atoms with Gasteiger partial charge in [-0.2, -0.15) is 0 Å². The highest BCUT2D eigenvalue weighted by molar-refractivity contribution is 7.07. The molecule has 1 aliphatic rings. The number of hydrogen-bond donors (Lipinski definition) is 1. The summed E-state index contributed by atoms with van der Waals surface area (Å²) in [5.41, 5.74) is 4.26. The van der Waals surface area contributed by atoms with Gasteiger partial charge in [0.2, 0.25) is 0 Å². The Labute approximate surface area is 247 Å². The number of nitrogens with one attached hydrogen (secondary N) is 1. The number of aromatic nitrogens is 2. The second-order valence-corrected chi connectivity index (χ2v) is 11.0. The predicted molar refractivity (Wildman–Crippen MR) is 169 cm³/mol. The number of para-hydroxylation sites is 2. The number of ether oxygens (including phenoxy) is 1. The molecule has 1 atom stereocenters. The maximum Gasteiger partial charge on any atom is 0.271 e. The Morgan fingerprint density at radius 1 is 1.07 bits per heavy atom. The molecule has 8 heteroatoms. The van der Waals surface area contributed by atoms with Crippen LogP contribution in [0.2, 0.25) is 0 Å². The minimum atomic E-state index is -0.662. The van der Waals surface area contributed by atoms with Crippen molar-refractivity contribution in [2.75, 3.05) is 11.9 Å². The number of hydrogen-bond acceptors (Lipinski definition) is 5. The lowest BCUT2D eigenvalue weighted by molar-refractivity contribution is -0.113. The Hall–Kier alpha value is -4.95. The third-order valence-corrected chi connectivity index (χ3v) is 8.22. The summed E-state index contributed by atoms with van der Waals surface area (Å²) in [6.45, 7) is 8.83. The second-order valence-electron chi connectivity index (χ2n) is 9.95. The molecule has 0 spiro atoms. The van der Waals surface area contributed by atoms with Crippen LogP contribution in [0.25, 0.3) is 17.0 Å². The highest BCUT2D eigenvalue weighted by atomic mass is 32.1. The molecular weight excluding hydrogens is 544 g/mol. The van der Waals surface area contributed by atoms with Crippen LogP contribution >= 0.6 is 11.3 Å². The van der Waals surface area contributed by atoms with Gasteiger partial charge in [0.05, 0.1) is 28.5 Å². The summed E-state index contributed by atoms with van der Waals surface area (Å²) in [5.74, 6) is 0.420. The van der Waals surface area contributed by atoms with E-state index in [9.17, 15) is 9.59 Å². The molecule has 5 aromatic rings. The Morgan fingerprint density at radius 3 is 2.55 bits per heavy atom. The average molecular weight is 575 g/mol. The molecule has 0 bridgehead atoms. The van der Waals surface area contributed by atoms with Crippen LogP contribution in [0.15, 0.2) is 119 Å². The largest absolute Gasteiger partial charge is 0.494 e. The molecule has 1 aliphatic heterocycles. The number of thiazole rings is 1. The summed E-state index contributed by atoms with van der Waals surface area (Å²) in [6.07, 6.45) is 5.81. The Morgan fingerprint density at radius 2 is 1.81 bits per heavy atom. The first-order valence-electron chi connectivity index (χ1n) is 13.8. The number of anilines is 1. The van der Waals surface area contributed by atoms with Crippen LogP contribution in [0.3, 0.4) is 0 Å². The Kier molecular flexibility index (Phi) is 7.46. The summed E-state index contributed by atoms with van der Waals surface area (Å²) in [6, 6.07) is 24.3. The van der Waals surface area contributed by atoms with E-state index in [4.69, 9.17) is 9.73 Å². The van der Waals surface area contributed by atoms with Crippen molar-refractivity contribution in [2.24, 2.45) is 4.99 Å². The highest BCUT2D eigenvalue weighted by Crippen LogP contribution is 2.32. The van der Waals surface area contributed by atoms with Gasteiger partial charge in [0.1, 0.15) is 5.75 Å². The van der Waals surface area contributed by atoms with Crippen molar-refractivity contribution in [2.45, 2.75) is 26.4 Å². The van der Waals surface area contributed by atoms with Gasteiger partial charge >= 0.3 is 0 Å². The maximum absolute atomic E-state index is 14.2. The first-order chi connectivity index (χ1) is 20.5. The summed E-state index contributed by atoms with van der Waals surface area (Å²) in [5, 5.41) is 4.04. The standard InChI is InChI=1S/C34H30N4O3S/c1-4-19-37-21-24(27-13-9-10-14-28(27)37)20-29-33(40)38-31(23-15-17-26(18-16-23)41-5-2)30(22(3)35-34(38)42-29)32(39)36-25-11-7-6-8-12-25/h4,6-18,20-21,31H,1,5,19H2,2-3H3,(H,36,39)/b29-20-/t31-/m1/s1. The van der Waals surface area contributed by atoms with Gasteiger partial charge < -0.3 is 14.6 Å². The number of benzene rings is 3. The first-order valence-corrected chi connectivity index (χ1v) is 14.6. The van der Waals surface area contributed by atoms with E-state index in [1.54, 1.807) is 4.57 Å². The topological polar surface area (TPSA) is 77.6 Å². The second kappa shape index (κ2) is 11.5. The van der Waals surface area contributed by atoms with E-state index in [1.807, 2.05) is 98.9 Å². The lowest BCUT2D eigenvalue weighted by Crippen LogP contribution is -2.40. The van der Waals surface area contributed by atoms with Crippen LogP contribution in [-0.2, 0) is 11.3 Å². The van der Waals surface area contributed by atoms with Crippen molar-refractivity contribution in [1.82, 2.24) is 9.13 Å². The van der Waals surface area contributed by atoms with E-state index in [1.165, 1.54) is 11.3 Å². The van der Waals surface area contributed by atoms with Crippen molar-refractivity contribution in [3.63, 3.8) is 0 Å². The number of carbonyl (C=O) groups is 1. The van der Waals surface area contributed by atoms with E-state index in [0.717, 1.165) is 27.8 Å². The lowest BCUT2D eigenvalue weighted by Gasteiger charge is -2.25. The van der Waals surface area contributed by atoms with Crippen molar-refractivity contribution in [3.8, 4) is 5.75 Å². The molecule has 3 heterocycles. The third kappa shape index (κ3) is 5.01. The summed E-state index contributed by atoms with van der Waals surface area (Å²) in [7, 11) is 0. The minimum Gasteiger partial charge on any atom is -0.494 e. The zero-order valence-electron chi connectivity index (χ0n) is 23.4. The lowest BCUT2D eigenvalue weighted by atomic mass is 9.95. The molecule has 6 rings (SSSR count). The average Bonchev–Trinajstić information content (AvgIpc) is 3.50. The Bertz CT molecular complexity index is 2020. The molecule has 1 N–H and O–H groups in total. The molecular formula is C34H30N4O3S. The van der Waals surface area contributed by atoms with Gasteiger partial charge in [0.15, 0.2) is 4.80 Å². The quantitative estimate of drug-likeness (QED) is 0.252. The summed E-state index contributed by atoms with van der Waals surface area (Å²) < 4.78 is 9.95. The molecule has 42 heavy (non-hydrogen) atoms. The molecule has 0 saturated heterocycles. The van der Waals surface area contributed by atoms with Crippen LogP contribution in [0.5, 0.6) is 5.75 Å². The maximum atomic E-state index is 14.2. The van der Waals surface area contributed by atoms with E-state index in [0.29, 0.717) is 39.4 Å².